The number of benzene rings is 1. The molecule has 1 aromatic carbocycles. The van der Waals surface area contributed by atoms with E-state index >= 15 is 0 Å². The summed E-state index contributed by atoms with van der Waals surface area (Å²) in [6.45, 7) is 4.17. The summed E-state index contributed by atoms with van der Waals surface area (Å²) in [5, 5.41) is 0. The highest BCUT2D eigenvalue weighted by molar-refractivity contribution is 5.94. The molecule has 0 aromatic heterocycles. The van der Waals surface area contributed by atoms with Crippen LogP contribution in [-0.2, 0) is 4.74 Å². The summed E-state index contributed by atoms with van der Waals surface area (Å²) in [6.07, 6.45) is 0.408. The van der Waals surface area contributed by atoms with Gasteiger partial charge < -0.3 is 19.3 Å². The topological polar surface area (TPSA) is 59.1 Å². The second-order valence-electron chi connectivity index (χ2n) is 5.29. The van der Waals surface area contributed by atoms with Crippen LogP contribution in [0, 0.1) is 6.92 Å². The number of carbonyl (C=O) groups excluding carboxylic acids is 2. The molecule has 0 N–H and O–H groups in total. The van der Waals surface area contributed by atoms with E-state index in [1.165, 1.54) is 7.11 Å². The molecule has 22 heavy (non-hydrogen) atoms. The summed E-state index contributed by atoms with van der Waals surface area (Å²) in [6, 6.07) is 5.42. The van der Waals surface area contributed by atoms with Gasteiger partial charge in [-0.15, -0.1) is 0 Å². The predicted octanol–water partition coefficient (Wildman–Crippen LogP) is 1.92. The summed E-state index contributed by atoms with van der Waals surface area (Å²) in [4.78, 5) is 27.6. The van der Waals surface area contributed by atoms with Crippen molar-refractivity contribution in [3.8, 4) is 5.75 Å². The Morgan fingerprint density at radius 2 is 1.73 bits per heavy atom. The van der Waals surface area contributed by atoms with Gasteiger partial charge in [-0.05, 0) is 37.1 Å². The fourth-order valence-corrected chi connectivity index (χ4v) is 2.63. The van der Waals surface area contributed by atoms with Gasteiger partial charge in [0.25, 0.3) is 5.91 Å². The number of hydrogen-bond acceptors (Lipinski definition) is 4. The minimum Gasteiger partial charge on any atom is -0.496 e. The van der Waals surface area contributed by atoms with Crippen LogP contribution in [0.25, 0.3) is 0 Å². The van der Waals surface area contributed by atoms with E-state index in [1.807, 2.05) is 13.0 Å². The first-order valence-electron chi connectivity index (χ1n) is 7.33. The maximum Gasteiger partial charge on any atom is 0.409 e. The maximum absolute atomic E-state index is 12.6. The van der Waals surface area contributed by atoms with Gasteiger partial charge in [-0.3, -0.25) is 4.79 Å². The Morgan fingerprint density at radius 1 is 1.05 bits per heavy atom. The first-order valence-corrected chi connectivity index (χ1v) is 7.33. The van der Waals surface area contributed by atoms with E-state index in [0.29, 0.717) is 31.7 Å². The van der Waals surface area contributed by atoms with E-state index in [2.05, 4.69) is 0 Å². The third-order valence-electron chi connectivity index (χ3n) is 3.86. The first kappa shape index (κ1) is 16.1. The fourth-order valence-electron chi connectivity index (χ4n) is 2.63. The third-order valence-corrected chi connectivity index (χ3v) is 3.86. The molecule has 0 bridgehead atoms. The molecule has 1 heterocycles. The molecule has 2 amide bonds. The van der Waals surface area contributed by atoms with Gasteiger partial charge in [-0.1, -0.05) is 0 Å². The minimum atomic E-state index is -0.338. The summed E-state index contributed by atoms with van der Waals surface area (Å²) in [5.74, 6) is 0.752. The molecule has 2 rings (SSSR count). The molecule has 0 aliphatic carbocycles. The molecule has 120 valence electrons. The molecule has 0 spiro atoms. The number of carbonyl (C=O) groups is 2. The van der Waals surface area contributed by atoms with Gasteiger partial charge >= 0.3 is 6.09 Å². The molecule has 1 fully saturated rings. The number of hydrogen-bond donors (Lipinski definition) is 0. The van der Waals surface area contributed by atoms with Gasteiger partial charge in [-0.25, -0.2) is 4.79 Å². The van der Waals surface area contributed by atoms with E-state index in [0.717, 1.165) is 17.7 Å². The highest BCUT2D eigenvalue weighted by atomic mass is 16.5. The molecule has 6 nitrogen and oxygen atoms in total. The number of nitrogens with zero attached hydrogens (tertiary/aromatic N) is 2. The normalized spacial score (nSPS) is 15.2. The highest BCUT2D eigenvalue weighted by Gasteiger charge is 2.23. The van der Waals surface area contributed by atoms with Crippen LogP contribution in [0.15, 0.2) is 18.2 Å². The molecule has 0 radical (unpaired) electrons. The van der Waals surface area contributed by atoms with E-state index < -0.39 is 0 Å². The number of aryl methyl sites for hydroxylation is 1. The third kappa shape index (κ3) is 3.50. The van der Waals surface area contributed by atoms with Crippen LogP contribution in [-0.4, -0.2) is 62.2 Å². The monoisotopic (exact) mass is 306 g/mol. The molecule has 1 aliphatic rings. The standard InChI is InChI=1S/C16H22N2O4/c1-12-11-13(5-6-14(12)21-2)15(19)17-7-4-8-18(10-9-17)16(20)22-3/h5-6,11H,4,7-10H2,1-3H3. The molecule has 1 aromatic rings. The van der Waals surface area contributed by atoms with Crippen LogP contribution in [0.4, 0.5) is 4.79 Å². The van der Waals surface area contributed by atoms with Gasteiger partial charge in [0.15, 0.2) is 0 Å². The zero-order chi connectivity index (χ0) is 16.1. The number of rotatable bonds is 2. The van der Waals surface area contributed by atoms with E-state index in [4.69, 9.17) is 9.47 Å². The second kappa shape index (κ2) is 7.15. The highest BCUT2D eigenvalue weighted by Crippen LogP contribution is 2.20. The molecular weight excluding hydrogens is 284 g/mol. The van der Waals surface area contributed by atoms with Crippen molar-refractivity contribution in [3.05, 3.63) is 29.3 Å². The summed E-state index contributed by atoms with van der Waals surface area (Å²) in [7, 11) is 2.98. The largest absolute Gasteiger partial charge is 0.496 e. The van der Waals surface area contributed by atoms with Gasteiger partial charge in [-0.2, -0.15) is 0 Å². The Morgan fingerprint density at radius 3 is 2.36 bits per heavy atom. The number of methoxy groups -OCH3 is 2. The van der Waals surface area contributed by atoms with Crippen molar-refractivity contribution in [2.45, 2.75) is 13.3 Å². The van der Waals surface area contributed by atoms with Gasteiger partial charge in [0, 0.05) is 31.7 Å². The Balaban J connectivity index is 2.06. The van der Waals surface area contributed by atoms with Crippen molar-refractivity contribution in [1.29, 1.82) is 0 Å². The lowest BCUT2D eigenvalue weighted by Gasteiger charge is -2.21. The first-order chi connectivity index (χ1) is 10.6. The zero-order valence-electron chi connectivity index (χ0n) is 13.3. The van der Waals surface area contributed by atoms with Gasteiger partial charge in [0.05, 0.1) is 14.2 Å². The second-order valence-corrected chi connectivity index (χ2v) is 5.29. The van der Waals surface area contributed by atoms with Crippen LogP contribution in [0.5, 0.6) is 5.75 Å². The van der Waals surface area contributed by atoms with Crippen molar-refractivity contribution in [2.75, 3.05) is 40.4 Å². The Kier molecular flexibility index (Phi) is 5.25. The minimum absolute atomic E-state index is 0.0162. The predicted molar refractivity (Wildman–Crippen MR) is 82.2 cm³/mol. The quantitative estimate of drug-likeness (QED) is 0.837. The molecule has 1 saturated heterocycles. The molecule has 0 unspecified atom stereocenters. The van der Waals surface area contributed by atoms with Gasteiger partial charge in [0.2, 0.25) is 0 Å². The molecule has 0 atom stereocenters. The van der Waals surface area contributed by atoms with E-state index in [1.54, 1.807) is 29.0 Å². The van der Waals surface area contributed by atoms with Crippen LogP contribution in [0.1, 0.15) is 22.3 Å². The van der Waals surface area contributed by atoms with Crippen LogP contribution in [0.3, 0.4) is 0 Å². The van der Waals surface area contributed by atoms with Gasteiger partial charge in [0.1, 0.15) is 5.75 Å². The molecule has 6 heteroatoms. The lowest BCUT2D eigenvalue weighted by Crippen LogP contribution is -2.37. The van der Waals surface area contributed by atoms with E-state index in [-0.39, 0.29) is 12.0 Å². The Labute approximate surface area is 130 Å². The van der Waals surface area contributed by atoms with Crippen LogP contribution < -0.4 is 4.74 Å². The van der Waals surface area contributed by atoms with Crippen LogP contribution >= 0.6 is 0 Å². The summed E-state index contributed by atoms with van der Waals surface area (Å²) < 4.78 is 9.95. The number of ether oxygens (including phenoxy) is 2. The summed E-state index contributed by atoms with van der Waals surface area (Å²) in [5.41, 5.74) is 1.57. The lowest BCUT2D eigenvalue weighted by atomic mass is 10.1. The summed E-state index contributed by atoms with van der Waals surface area (Å²) >= 11 is 0. The van der Waals surface area contributed by atoms with Crippen molar-refractivity contribution in [1.82, 2.24) is 9.80 Å². The molecule has 1 aliphatic heterocycles. The average molecular weight is 306 g/mol. The Bertz CT molecular complexity index is 559. The lowest BCUT2D eigenvalue weighted by molar-refractivity contribution is 0.0757. The average Bonchev–Trinajstić information content (AvgIpc) is 2.79. The maximum atomic E-state index is 12.6. The number of amides is 2. The fraction of sp³-hybridized carbons (Fsp3) is 0.500. The Hall–Kier alpha value is -2.24. The van der Waals surface area contributed by atoms with Crippen LogP contribution in [0.2, 0.25) is 0 Å². The van der Waals surface area contributed by atoms with E-state index in [9.17, 15) is 9.59 Å². The zero-order valence-corrected chi connectivity index (χ0v) is 13.3. The van der Waals surface area contributed by atoms with Crippen molar-refractivity contribution < 1.29 is 19.1 Å². The van der Waals surface area contributed by atoms with Crippen molar-refractivity contribution in [2.24, 2.45) is 0 Å². The molecule has 0 saturated carbocycles. The van der Waals surface area contributed by atoms with Crippen molar-refractivity contribution in [3.63, 3.8) is 0 Å². The van der Waals surface area contributed by atoms with Crippen molar-refractivity contribution >= 4 is 12.0 Å². The SMILES string of the molecule is COC(=O)N1CCCN(C(=O)c2ccc(OC)c(C)c2)CC1. The molecular formula is C16H22N2O4. The smallest absolute Gasteiger partial charge is 0.409 e.